The van der Waals surface area contributed by atoms with Crippen molar-refractivity contribution in [2.45, 2.75) is 63.2 Å². The van der Waals surface area contributed by atoms with Crippen molar-refractivity contribution in [2.75, 3.05) is 38.2 Å². The van der Waals surface area contributed by atoms with Crippen LogP contribution >= 0.6 is 0 Å². The molecule has 0 saturated carbocycles. The lowest BCUT2D eigenvalue weighted by atomic mass is 9.88. The van der Waals surface area contributed by atoms with Gasteiger partial charge in [-0.2, -0.15) is 13.2 Å². The van der Waals surface area contributed by atoms with Gasteiger partial charge in [-0.15, -0.1) is 0 Å². The Hall–Kier alpha value is -3.31. The predicted molar refractivity (Wildman–Crippen MR) is 149 cm³/mol. The molecule has 2 aromatic heterocycles. The number of likely N-dealkylation sites (tertiary alicyclic amines) is 1. The molecule has 0 spiro atoms. The number of ether oxygens (including phenoxy) is 1. The molecule has 3 aromatic rings. The number of fused-ring (bicyclic) bond motifs is 2. The first-order chi connectivity index (χ1) is 19.7. The van der Waals surface area contributed by atoms with Crippen molar-refractivity contribution in [3.63, 3.8) is 0 Å². The summed E-state index contributed by atoms with van der Waals surface area (Å²) in [6.45, 7) is 5.14. The van der Waals surface area contributed by atoms with Crippen molar-refractivity contribution in [1.82, 2.24) is 25.2 Å². The summed E-state index contributed by atoms with van der Waals surface area (Å²) >= 11 is 0. The summed E-state index contributed by atoms with van der Waals surface area (Å²) in [6, 6.07) is 5.95. The smallest absolute Gasteiger partial charge is 0.381 e. The van der Waals surface area contributed by atoms with Crippen LogP contribution in [0.3, 0.4) is 0 Å². The van der Waals surface area contributed by atoms with Gasteiger partial charge >= 0.3 is 6.18 Å². The van der Waals surface area contributed by atoms with E-state index in [9.17, 15) is 18.0 Å². The van der Waals surface area contributed by atoms with Gasteiger partial charge in [-0.05, 0) is 86.3 Å². The van der Waals surface area contributed by atoms with Crippen molar-refractivity contribution < 1.29 is 22.7 Å². The highest BCUT2D eigenvalue weighted by Gasteiger charge is 2.39. The number of anilines is 1. The summed E-state index contributed by atoms with van der Waals surface area (Å²) in [5, 5.41) is 6.42. The maximum atomic E-state index is 13.3. The first kappa shape index (κ1) is 27.8. The number of rotatable bonds is 7. The minimum Gasteiger partial charge on any atom is -0.381 e. The standard InChI is InChI=1S/C30H35F3N6O2/c1-18-10-19-2-3-20(25(19)13-34-18)11-21-15-39(23-6-8-41-9-7-23)16-27(21)38-28(40)14-35-29-24-12-22(30(31,32)33)4-5-26(24)36-17-37-29/h4-5,10,12-13,17,20-21,23,27H,2-3,6-9,11,14-16H2,1H3,(H,38,40)(H,35,36,37)/t20?,21-,27?/m0/s1. The average Bonchev–Trinajstić information content (AvgIpc) is 3.55. The first-order valence-electron chi connectivity index (χ1n) is 14.4. The van der Waals surface area contributed by atoms with Crippen LogP contribution < -0.4 is 10.6 Å². The number of halogens is 3. The van der Waals surface area contributed by atoms with Crippen LogP contribution in [-0.2, 0) is 22.1 Å². The molecule has 2 N–H and O–H groups in total. The van der Waals surface area contributed by atoms with Crippen LogP contribution in [0.2, 0.25) is 0 Å². The van der Waals surface area contributed by atoms with Crippen molar-refractivity contribution in [3.05, 3.63) is 59.2 Å². The van der Waals surface area contributed by atoms with Gasteiger partial charge in [-0.3, -0.25) is 14.7 Å². The van der Waals surface area contributed by atoms with Crippen LogP contribution in [-0.4, -0.2) is 70.7 Å². The van der Waals surface area contributed by atoms with Gasteiger partial charge in [0.15, 0.2) is 0 Å². The van der Waals surface area contributed by atoms with Gasteiger partial charge in [0.25, 0.3) is 0 Å². The van der Waals surface area contributed by atoms with Crippen LogP contribution in [0.4, 0.5) is 19.0 Å². The Morgan fingerprint density at radius 1 is 1.10 bits per heavy atom. The highest BCUT2D eigenvalue weighted by Crippen LogP contribution is 2.40. The Bertz CT molecular complexity index is 1410. The van der Waals surface area contributed by atoms with E-state index in [-0.39, 0.29) is 35.6 Å². The van der Waals surface area contributed by atoms with Gasteiger partial charge < -0.3 is 15.4 Å². The van der Waals surface area contributed by atoms with Crippen molar-refractivity contribution >= 4 is 22.6 Å². The molecule has 4 heterocycles. The Labute approximate surface area is 237 Å². The van der Waals surface area contributed by atoms with E-state index < -0.39 is 11.7 Å². The normalized spacial score (nSPS) is 23.6. The van der Waals surface area contributed by atoms with E-state index in [2.05, 4.69) is 36.6 Å². The molecular weight excluding hydrogens is 533 g/mol. The highest BCUT2D eigenvalue weighted by atomic mass is 19.4. The van der Waals surface area contributed by atoms with E-state index in [0.717, 1.165) is 76.2 Å². The monoisotopic (exact) mass is 568 g/mol. The van der Waals surface area contributed by atoms with Gasteiger partial charge in [-0.1, -0.05) is 0 Å². The molecule has 218 valence electrons. The SMILES string of the molecule is Cc1cc2c(cn1)C(C[C@H]1CN(C3CCOCC3)CC1NC(=O)CNc1ncnc3ccc(C(F)(F)F)cc13)CC2. The summed E-state index contributed by atoms with van der Waals surface area (Å²) < 4.78 is 45.5. The number of carbonyl (C=O) groups excluding carboxylic acids is 1. The van der Waals surface area contributed by atoms with Crippen LogP contribution in [0.1, 0.15) is 54.0 Å². The number of hydrogen-bond donors (Lipinski definition) is 2. The number of benzene rings is 1. The van der Waals surface area contributed by atoms with Crippen LogP contribution in [0.25, 0.3) is 10.9 Å². The van der Waals surface area contributed by atoms with Gasteiger partial charge in [0, 0.05) is 55.7 Å². The molecule has 3 atom stereocenters. The number of nitrogens with zero attached hydrogens (tertiary/aromatic N) is 4. The molecule has 2 saturated heterocycles. The lowest BCUT2D eigenvalue weighted by Crippen LogP contribution is -2.44. The number of alkyl halides is 3. The van der Waals surface area contributed by atoms with Crippen molar-refractivity contribution in [3.8, 4) is 0 Å². The summed E-state index contributed by atoms with van der Waals surface area (Å²) in [7, 11) is 0. The number of aromatic nitrogens is 3. The number of hydrogen-bond acceptors (Lipinski definition) is 7. The topological polar surface area (TPSA) is 92.3 Å². The largest absolute Gasteiger partial charge is 0.416 e. The second-order valence-electron chi connectivity index (χ2n) is 11.5. The molecule has 8 nitrogen and oxygen atoms in total. The molecule has 11 heteroatoms. The maximum absolute atomic E-state index is 13.3. The second-order valence-corrected chi connectivity index (χ2v) is 11.5. The van der Waals surface area contributed by atoms with Crippen LogP contribution in [0.15, 0.2) is 36.8 Å². The molecule has 41 heavy (non-hydrogen) atoms. The Morgan fingerprint density at radius 3 is 2.73 bits per heavy atom. The molecule has 2 unspecified atom stereocenters. The third-order valence-corrected chi connectivity index (χ3v) is 8.85. The van der Waals surface area contributed by atoms with Gasteiger partial charge in [0.1, 0.15) is 12.1 Å². The number of amides is 1. The fourth-order valence-corrected chi connectivity index (χ4v) is 6.76. The zero-order valence-corrected chi connectivity index (χ0v) is 23.1. The summed E-state index contributed by atoms with van der Waals surface area (Å²) in [4.78, 5) is 28.4. The zero-order chi connectivity index (χ0) is 28.6. The molecule has 2 fully saturated rings. The molecular formula is C30H35F3N6O2. The van der Waals surface area contributed by atoms with Crippen LogP contribution in [0, 0.1) is 12.8 Å². The molecule has 3 aliphatic rings. The van der Waals surface area contributed by atoms with E-state index in [1.54, 1.807) is 0 Å². The summed E-state index contributed by atoms with van der Waals surface area (Å²) in [5.74, 6) is 0.698. The van der Waals surface area contributed by atoms with Gasteiger partial charge in [0.05, 0.1) is 17.6 Å². The Kier molecular flexibility index (Phi) is 7.82. The van der Waals surface area contributed by atoms with E-state index in [0.29, 0.717) is 17.5 Å². The van der Waals surface area contributed by atoms with Gasteiger partial charge in [-0.25, -0.2) is 9.97 Å². The number of carbonyl (C=O) groups is 1. The second kappa shape index (κ2) is 11.5. The van der Waals surface area contributed by atoms with E-state index in [4.69, 9.17) is 4.74 Å². The van der Waals surface area contributed by atoms with E-state index in [1.165, 1.54) is 23.5 Å². The quantitative estimate of drug-likeness (QED) is 0.434. The number of nitrogens with one attached hydrogen (secondary N) is 2. The summed E-state index contributed by atoms with van der Waals surface area (Å²) in [6.07, 6.45) is 3.94. The predicted octanol–water partition coefficient (Wildman–Crippen LogP) is 4.48. The number of aryl methyl sites for hydroxylation is 2. The molecule has 0 radical (unpaired) electrons. The zero-order valence-electron chi connectivity index (χ0n) is 23.1. The minimum atomic E-state index is -4.48. The molecule has 1 aliphatic carbocycles. The molecule has 0 bridgehead atoms. The fraction of sp³-hybridized carbons (Fsp3) is 0.533. The highest BCUT2D eigenvalue weighted by molar-refractivity contribution is 5.91. The first-order valence-corrected chi connectivity index (χ1v) is 14.4. The summed E-state index contributed by atoms with van der Waals surface area (Å²) in [5.41, 5.74) is 3.35. The van der Waals surface area contributed by atoms with Gasteiger partial charge in [0.2, 0.25) is 5.91 Å². The average molecular weight is 569 g/mol. The van der Waals surface area contributed by atoms with E-state index in [1.807, 2.05) is 13.1 Å². The molecule has 1 amide bonds. The molecule has 1 aromatic carbocycles. The molecule has 2 aliphatic heterocycles. The number of pyridine rings is 1. The Balaban J connectivity index is 1.15. The minimum absolute atomic E-state index is 0.0198. The van der Waals surface area contributed by atoms with Crippen molar-refractivity contribution in [1.29, 1.82) is 0 Å². The van der Waals surface area contributed by atoms with E-state index >= 15 is 0 Å². The lowest BCUT2D eigenvalue weighted by molar-refractivity contribution is -0.137. The third kappa shape index (κ3) is 6.16. The van der Waals surface area contributed by atoms with Crippen molar-refractivity contribution in [2.24, 2.45) is 5.92 Å². The molecule has 6 rings (SSSR count). The third-order valence-electron chi connectivity index (χ3n) is 8.85. The van der Waals surface area contributed by atoms with Crippen LogP contribution in [0.5, 0.6) is 0 Å². The lowest BCUT2D eigenvalue weighted by Gasteiger charge is -2.31. The maximum Gasteiger partial charge on any atom is 0.416 e. The Morgan fingerprint density at radius 2 is 1.93 bits per heavy atom. The fourth-order valence-electron chi connectivity index (χ4n) is 6.76.